The Bertz CT molecular complexity index is 597. The Kier molecular flexibility index (Phi) is 4.58. The molecule has 0 radical (unpaired) electrons. The quantitative estimate of drug-likeness (QED) is 0.797. The molecule has 0 aliphatic carbocycles. The van der Waals surface area contributed by atoms with Gasteiger partial charge in [-0.05, 0) is 32.4 Å². The molecule has 3 unspecified atom stereocenters. The number of alkyl halides is 1. The second-order valence-electron chi connectivity index (χ2n) is 4.72. The number of rotatable bonds is 5. The molecule has 3 atom stereocenters. The van der Waals surface area contributed by atoms with Crippen molar-refractivity contribution in [3.8, 4) is 0 Å². The van der Waals surface area contributed by atoms with Crippen LogP contribution in [0.15, 0.2) is 18.3 Å². The summed E-state index contributed by atoms with van der Waals surface area (Å²) in [6.45, 7) is 4.00. The number of pyridine rings is 1. The maximum Gasteiger partial charge on any atom is 0.160 e. The summed E-state index contributed by atoms with van der Waals surface area (Å²) in [5.41, 5.74) is 1.70. The predicted molar refractivity (Wildman–Crippen MR) is 80.1 cm³/mol. The lowest BCUT2D eigenvalue weighted by Crippen LogP contribution is -2.13. The molecule has 19 heavy (non-hydrogen) atoms. The fourth-order valence-corrected chi connectivity index (χ4v) is 2.95. The molecule has 0 N–H and O–H groups in total. The Morgan fingerprint density at radius 1 is 1.47 bits per heavy atom. The molecule has 0 fully saturated rings. The molecule has 6 heteroatoms. The van der Waals surface area contributed by atoms with Crippen LogP contribution in [0.3, 0.4) is 0 Å². The number of aromatic nitrogens is 3. The molecule has 0 aromatic carbocycles. The number of nitrogens with zero attached hydrogens (tertiary/aromatic N) is 3. The third-order valence-corrected chi connectivity index (χ3v) is 4.10. The zero-order chi connectivity index (χ0) is 14.0. The Morgan fingerprint density at radius 2 is 2.21 bits per heavy atom. The fourth-order valence-electron chi connectivity index (χ4n) is 2.13. The van der Waals surface area contributed by atoms with Crippen LogP contribution in [-0.4, -0.2) is 30.8 Å². The van der Waals surface area contributed by atoms with Crippen molar-refractivity contribution in [2.24, 2.45) is 0 Å². The number of hydrogen-bond donors (Lipinski definition) is 0. The zero-order valence-electron chi connectivity index (χ0n) is 11.3. The van der Waals surface area contributed by atoms with Crippen LogP contribution in [0.25, 0.3) is 11.2 Å². The van der Waals surface area contributed by atoms with Gasteiger partial charge in [0.05, 0.1) is 5.38 Å². The number of halogens is 1. The van der Waals surface area contributed by atoms with Crippen LogP contribution in [0.2, 0.25) is 0 Å². The molecule has 0 aliphatic rings. The maximum absolute atomic E-state index is 11.2. The zero-order valence-corrected chi connectivity index (χ0v) is 12.9. The van der Waals surface area contributed by atoms with Crippen LogP contribution < -0.4 is 0 Å². The number of imidazole rings is 1. The van der Waals surface area contributed by atoms with E-state index >= 15 is 0 Å². The summed E-state index contributed by atoms with van der Waals surface area (Å²) in [5.74, 6) is 1.49. The summed E-state index contributed by atoms with van der Waals surface area (Å²) in [6.07, 6.45) is 4.30. The standard InChI is InChI=1S/C13H18ClN3OS/c1-9(6-8-19(3)18)17-12(10(2)14)16-11-5-4-7-15-13(11)17/h4-5,7,9-10H,6,8H2,1-3H3. The van der Waals surface area contributed by atoms with Gasteiger partial charge in [0.15, 0.2) is 5.65 Å². The van der Waals surface area contributed by atoms with Gasteiger partial charge in [-0.3, -0.25) is 4.21 Å². The number of hydrogen-bond acceptors (Lipinski definition) is 3. The molecule has 0 saturated heterocycles. The van der Waals surface area contributed by atoms with Gasteiger partial charge in [0.25, 0.3) is 0 Å². The van der Waals surface area contributed by atoms with Crippen LogP contribution in [0, 0.1) is 0 Å². The van der Waals surface area contributed by atoms with E-state index in [1.54, 1.807) is 12.5 Å². The Morgan fingerprint density at radius 3 is 2.84 bits per heavy atom. The third kappa shape index (κ3) is 3.15. The molecule has 2 aromatic rings. The van der Waals surface area contributed by atoms with E-state index in [2.05, 4.69) is 21.5 Å². The van der Waals surface area contributed by atoms with E-state index in [4.69, 9.17) is 11.6 Å². The molecular weight excluding hydrogens is 282 g/mol. The topological polar surface area (TPSA) is 47.8 Å². The van der Waals surface area contributed by atoms with Crippen molar-refractivity contribution >= 4 is 33.6 Å². The van der Waals surface area contributed by atoms with Gasteiger partial charge in [0.2, 0.25) is 0 Å². The van der Waals surface area contributed by atoms with Gasteiger partial charge in [-0.1, -0.05) is 0 Å². The summed E-state index contributed by atoms with van der Waals surface area (Å²) in [5, 5.41) is -0.177. The van der Waals surface area contributed by atoms with E-state index in [1.807, 2.05) is 19.1 Å². The van der Waals surface area contributed by atoms with Crippen LogP contribution in [0.1, 0.15) is 37.5 Å². The van der Waals surface area contributed by atoms with Crippen molar-refractivity contribution in [2.75, 3.05) is 12.0 Å². The molecule has 104 valence electrons. The molecule has 2 rings (SSSR count). The highest BCUT2D eigenvalue weighted by Crippen LogP contribution is 2.28. The Hall–Kier alpha value is -0.940. The van der Waals surface area contributed by atoms with Crippen LogP contribution in [0.4, 0.5) is 0 Å². The predicted octanol–water partition coefficient (Wildman–Crippen LogP) is 3.06. The van der Waals surface area contributed by atoms with E-state index in [0.29, 0.717) is 5.75 Å². The Balaban J connectivity index is 2.43. The van der Waals surface area contributed by atoms with Gasteiger partial charge in [-0.25, -0.2) is 9.97 Å². The summed E-state index contributed by atoms with van der Waals surface area (Å²) < 4.78 is 13.3. The largest absolute Gasteiger partial charge is 0.309 e. The summed E-state index contributed by atoms with van der Waals surface area (Å²) in [7, 11) is -0.786. The lowest BCUT2D eigenvalue weighted by atomic mass is 10.2. The van der Waals surface area contributed by atoms with Crippen LogP contribution in [-0.2, 0) is 10.8 Å². The number of fused-ring (bicyclic) bond motifs is 1. The van der Waals surface area contributed by atoms with Crippen molar-refractivity contribution < 1.29 is 4.21 Å². The summed E-state index contributed by atoms with van der Waals surface area (Å²) in [6, 6.07) is 3.99. The first-order chi connectivity index (χ1) is 9.00. The fraction of sp³-hybridized carbons (Fsp3) is 0.538. The first-order valence-corrected chi connectivity index (χ1v) is 8.44. The van der Waals surface area contributed by atoms with Gasteiger partial charge < -0.3 is 4.57 Å². The molecule has 0 bridgehead atoms. The van der Waals surface area contributed by atoms with Gasteiger partial charge in [0, 0.05) is 35.0 Å². The SMILES string of the molecule is CC(Cl)c1nc2cccnc2n1C(C)CCS(C)=O. The average Bonchev–Trinajstić information content (AvgIpc) is 2.75. The van der Waals surface area contributed by atoms with E-state index in [-0.39, 0.29) is 11.4 Å². The summed E-state index contributed by atoms with van der Waals surface area (Å²) in [4.78, 5) is 8.95. The van der Waals surface area contributed by atoms with Crippen LogP contribution in [0.5, 0.6) is 0 Å². The first-order valence-electron chi connectivity index (χ1n) is 6.27. The second-order valence-corrected chi connectivity index (χ2v) is 6.93. The monoisotopic (exact) mass is 299 g/mol. The summed E-state index contributed by atoms with van der Waals surface area (Å²) >= 11 is 6.22. The molecule has 0 aliphatic heterocycles. The molecule has 0 amide bonds. The van der Waals surface area contributed by atoms with Crippen molar-refractivity contribution in [1.29, 1.82) is 0 Å². The van der Waals surface area contributed by atoms with E-state index in [1.165, 1.54) is 0 Å². The molecule has 0 saturated carbocycles. The molecule has 2 aromatic heterocycles. The highest BCUT2D eigenvalue weighted by molar-refractivity contribution is 7.84. The highest BCUT2D eigenvalue weighted by Gasteiger charge is 2.19. The molecule has 0 spiro atoms. The normalized spacial score (nSPS) is 16.4. The van der Waals surface area contributed by atoms with Crippen molar-refractivity contribution in [2.45, 2.75) is 31.7 Å². The van der Waals surface area contributed by atoms with Gasteiger partial charge in [-0.2, -0.15) is 0 Å². The lowest BCUT2D eigenvalue weighted by Gasteiger charge is -2.17. The maximum atomic E-state index is 11.2. The van der Waals surface area contributed by atoms with Crippen LogP contribution >= 0.6 is 11.6 Å². The molecule has 4 nitrogen and oxygen atoms in total. The second kappa shape index (κ2) is 6.01. The van der Waals surface area contributed by atoms with Gasteiger partial charge in [0.1, 0.15) is 11.3 Å². The third-order valence-electron chi connectivity index (χ3n) is 3.10. The Labute approximate surface area is 120 Å². The highest BCUT2D eigenvalue weighted by atomic mass is 35.5. The van der Waals surface area contributed by atoms with Crippen molar-refractivity contribution in [3.05, 3.63) is 24.2 Å². The van der Waals surface area contributed by atoms with Gasteiger partial charge in [-0.15, -0.1) is 11.6 Å². The first kappa shape index (κ1) is 14.5. The smallest absolute Gasteiger partial charge is 0.160 e. The van der Waals surface area contributed by atoms with E-state index in [0.717, 1.165) is 23.4 Å². The molecule has 2 heterocycles. The van der Waals surface area contributed by atoms with Gasteiger partial charge >= 0.3 is 0 Å². The minimum absolute atomic E-state index is 0.177. The average molecular weight is 300 g/mol. The minimum Gasteiger partial charge on any atom is -0.309 e. The van der Waals surface area contributed by atoms with Crippen molar-refractivity contribution in [3.63, 3.8) is 0 Å². The van der Waals surface area contributed by atoms with E-state index < -0.39 is 10.8 Å². The van der Waals surface area contributed by atoms with Crippen molar-refractivity contribution in [1.82, 2.24) is 14.5 Å². The molecular formula is C13H18ClN3OS. The minimum atomic E-state index is -0.786. The lowest BCUT2D eigenvalue weighted by molar-refractivity contribution is 0.520. The van der Waals surface area contributed by atoms with E-state index in [9.17, 15) is 4.21 Å².